The van der Waals surface area contributed by atoms with E-state index in [1.807, 2.05) is 13.0 Å². The van der Waals surface area contributed by atoms with Crippen molar-refractivity contribution < 1.29 is 19.1 Å². The van der Waals surface area contributed by atoms with E-state index in [4.69, 9.17) is 9.47 Å². The molecule has 2 heterocycles. The molecule has 1 N–H and O–H groups in total. The van der Waals surface area contributed by atoms with E-state index in [9.17, 15) is 9.59 Å². The van der Waals surface area contributed by atoms with Crippen LogP contribution in [0, 0.1) is 6.92 Å². The third-order valence-electron chi connectivity index (χ3n) is 3.92. The molecule has 1 aromatic carbocycles. The molecule has 0 aliphatic heterocycles. The summed E-state index contributed by atoms with van der Waals surface area (Å²) >= 11 is 1.34. The Labute approximate surface area is 171 Å². The van der Waals surface area contributed by atoms with Gasteiger partial charge in [-0.05, 0) is 37.6 Å². The van der Waals surface area contributed by atoms with Gasteiger partial charge in [0.15, 0.2) is 16.9 Å². The van der Waals surface area contributed by atoms with Crippen LogP contribution in [0.25, 0.3) is 10.8 Å². The van der Waals surface area contributed by atoms with E-state index in [0.29, 0.717) is 28.0 Å². The average molecular weight is 412 g/mol. The Bertz CT molecular complexity index is 1010. The van der Waals surface area contributed by atoms with Gasteiger partial charge in [0.25, 0.3) is 5.91 Å². The normalized spacial score (nSPS) is 11.6. The van der Waals surface area contributed by atoms with Crippen LogP contribution >= 0.6 is 11.3 Å². The van der Waals surface area contributed by atoms with Crippen LogP contribution in [0.4, 0.5) is 5.69 Å². The van der Waals surface area contributed by atoms with Crippen LogP contribution in [0.3, 0.4) is 0 Å². The summed E-state index contributed by atoms with van der Waals surface area (Å²) < 4.78 is 10.5. The second-order valence-electron chi connectivity index (χ2n) is 6.22. The lowest BCUT2D eigenvalue weighted by atomic mass is 10.2. The van der Waals surface area contributed by atoms with Crippen molar-refractivity contribution in [3.63, 3.8) is 0 Å². The quantitative estimate of drug-likeness (QED) is 0.595. The third kappa shape index (κ3) is 5.35. The van der Waals surface area contributed by atoms with Crippen molar-refractivity contribution >= 4 is 28.9 Å². The van der Waals surface area contributed by atoms with E-state index >= 15 is 0 Å². The molecule has 0 bridgehead atoms. The van der Waals surface area contributed by atoms with Gasteiger partial charge in [0.05, 0.1) is 24.9 Å². The molecule has 0 saturated carbocycles. The summed E-state index contributed by atoms with van der Waals surface area (Å²) in [5, 5.41) is 5.09. The predicted molar refractivity (Wildman–Crippen MR) is 109 cm³/mol. The summed E-state index contributed by atoms with van der Waals surface area (Å²) in [7, 11) is 1.52. The molecular weight excluding hydrogens is 392 g/mol. The minimum absolute atomic E-state index is 0.0469. The molecule has 29 heavy (non-hydrogen) atoms. The first kappa shape index (κ1) is 20.4. The Morgan fingerprint density at radius 1 is 1.24 bits per heavy atom. The van der Waals surface area contributed by atoms with Crippen molar-refractivity contribution in [1.29, 1.82) is 0 Å². The lowest BCUT2D eigenvalue weighted by Gasteiger charge is -2.15. The molecule has 2 aromatic heterocycles. The van der Waals surface area contributed by atoms with Gasteiger partial charge in [-0.1, -0.05) is 6.07 Å². The Hall–Kier alpha value is -3.33. The molecule has 0 unspecified atom stereocenters. The maximum absolute atomic E-state index is 12.4. The van der Waals surface area contributed by atoms with Gasteiger partial charge in [0.2, 0.25) is 0 Å². The van der Waals surface area contributed by atoms with Crippen LogP contribution in [-0.2, 0) is 20.7 Å². The second kappa shape index (κ2) is 9.24. The summed E-state index contributed by atoms with van der Waals surface area (Å²) in [5.41, 5.74) is 2.02. The highest BCUT2D eigenvalue weighted by atomic mass is 32.1. The molecule has 1 amide bonds. The average Bonchev–Trinajstić information content (AvgIpc) is 3.17. The zero-order valence-electron chi connectivity index (χ0n) is 16.2. The maximum Gasteiger partial charge on any atom is 0.312 e. The monoisotopic (exact) mass is 412 g/mol. The summed E-state index contributed by atoms with van der Waals surface area (Å²) in [6.45, 7) is 3.42. The Morgan fingerprint density at radius 3 is 2.72 bits per heavy atom. The van der Waals surface area contributed by atoms with Crippen molar-refractivity contribution in [1.82, 2.24) is 15.0 Å². The van der Waals surface area contributed by atoms with Crippen LogP contribution < -0.4 is 10.1 Å². The zero-order chi connectivity index (χ0) is 20.8. The number of aromatic nitrogens is 3. The van der Waals surface area contributed by atoms with Gasteiger partial charge >= 0.3 is 5.97 Å². The molecule has 0 aliphatic carbocycles. The van der Waals surface area contributed by atoms with E-state index in [2.05, 4.69) is 20.3 Å². The first-order valence-corrected chi connectivity index (χ1v) is 9.71. The molecule has 0 saturated heterocycles. The summed E-state index contributed by atoms with van der Waals surface area (Å²) in [5.74, 6) is 0.0335. The standard InChI is InChI=1S/C20H20N4O4S/c1-12-5-6-16(27-3)15(9-12)24-19(26)13(2)28-17(25)10-14-11-29-20(23-14)18-21-7-4-8-22-18/h4-9,11,13H,10H2,1-3H3,(H,24,26)/t13-/m0/s1. The number of benzene rings is 1. The van der Waals surface area contributed by atoms with Crippen molar-refractivity contribution in [2.45, 2.75) is 26.4 Å². The summed E-state index contributed by atoms with van der Waals surface area (Å²) in [4.78, 5) is 37.2. The largest absolute Gasteiger partial charge is 0.495 e. The van der Waals surface area contributed by atoms with Crippen molar-refractivity contribution in [2.75, 3.05) is 12.4 Å². The fraction of sp³-hybridized carbons (Fsp3) is 0.250. The molecule has 3 rings (SSSR count). The Morgan fingerprint density at radius 2 is 2.00 bits per heavy atom. The number of hydrogen-bond donors (Lipinski definition) is 1. The smallest absolute Gasteiger partial charge is 0.312 e. The van der Waals surface area contributed by atoms with Crippen LogP contribution in [0.15, 0.2) is 42.0 Å². The first-order valence-electron chi connectivity index (χ1n) is 8.83. The molecule has 1 atom stereocenters. The van der Waals surface area contributed by atoms with E-state index in [1.165, 1.54) is 25.4 Å². The Balaban J connectivity index is 1.57. The second-order valence-corrected chi connectivity index (χ2v) is 7.08. The SMILES string of the molecule is COc1ccc(C)cc1NC(=O)[C@H](C)OC(=O)Cc1csc(-c2ncccn2)n1. The lowest BCUT2D eigenvalue weighted by molar-refractivity contribution is -0.152. The topological polar surface area (TPSA) is 103 Å². The van der Waals surface area contributed by atoms with Gasteiger partial charge in [-0.25, -0.2) is 15.0 Å². The number of esters is 1. The number of aryl methyl sites for hydroxylation is 1. The number of ether oxygens (including phenoxy) is 2. The van der Waals surface area contributed by atoms with Crippen molar-refractivity contribution in [2.24, 2.45) is 0 Å². The van der Waals surface area contributed by atoms with Gasteiger partial charge in [0.1, 0.15) is 5.75 Å². The highest BCUT2D eigenvalue weighted by Crippen LogP contribution is 2.25. The summed E-state index contributed by atoms with van der Waals surface area (Å²) in [6, 6.07) is 7.14. The fourth-order valence-electron chi connectivity index (χ4n) is 2.49. The van der Waals surface area contributed by atoms with Gasteiger partial charge in [-0.2, -0.15) is 0 Å². The van der Waals surface area contributed by atoms with Crippen LogP contribution in [0.2, 0.25) is 0 Å². The molecule has 3 aromatic rings. The zero-order valence-corrected chi connectivity index (χ0v) is 17.0. The third-order valence-corrected chi connectivity index (χ3v) is 4.81. The molecule has 150 valence electrons. The van der Waals surface area contributed by atoms with E-state index in [-0.39, 0.29) is 6.42 Å². The van der Waals surface area contributed by atoms with Crippen LogP contribution in [0.1, 0.15) is 18.2 Å². The summed E-state index contributed by atoms with van der Waals surface area (Å²) in [6.07, 6.45) is 2.24. The molecule has 0 spiro atoms. The highest BCUT2D eigenvalue weighted by Gasteiger charge is 2.20. The number of carbonyl (C=O) groups excluding carboxylic acids is 2. The highest BCUT2D eigenvalue weighted by molar-refractivity contribution is 7.13. The maximum atomic E-state index is 12.4. The number of anilines is 1. The molecular formula is C20H20N4O4S. The van der Waals surface area contributed by atoms with Crippen LogP contribution in [0.5, 0.6) is 5.75 Å². The number of carbonyl (C=O) groups is 2. The number of thiazole rings is 1. The molecule has 8 nitrogen and oxygen atoms in total. The van der Waals surface area contributed by atoms with Gasteiger partial charge < -0.3 is 14.8 Å². The van der Waals surface area contributed by atoms with E-state index in [0.717, 1.165) is 5.56 Å². The molecule has 0 aliphatic rings. The number of nitrogens with zero attached hydrogens (tertiary/aromatic N) is 3. The number of hydrogen-bond acceptors (Lipinski definition) is 8. The predicted octanol–water partition coefficient (Wildman–Crippen LogP) is 3.03. The minimum Gasteiger partial charge on any atom is -0.495 e. The first-order chi connectivity index (χ1) is 14.0. The van der Waals surface area contributed by atoms with Gasteiger partial charge in [-0.3, -0.25) is 9.59 Å². The molecule has 0 radical (unpaired) electrons. The fourth-order valence-corrected chi connectivity index (χ4v) is 3.26. The number of rotatable bonds is 7. The molecule has 0 fully saturated rings. The van der Waals surface area contributed by atoms with Crippen molar-refractivity contribution in [3.8, 4) is 16.6 Å². The lowest BCUT2D eigenvalue weighted by Crippen LogP contribution is -2.30. The minimum atomic E-state index is -0.969. The Kier molecular flexibility index (Phi) is 6.50. The number of methoxy groups -OCH3 is 1. The van der Waals surface area contributed by atoms with E-state index in [1.54, 1.807) is 36.0 Å². The van der Waals surface area contributed by atoms with Crippen LogP contribution in [-0.4, -0.2) is 40.0 Å². The number of nitrogens with one attached hydrogen (secondary N) is 1. The van der Waals surface area contributed by atoms with Gasteiger partial charge in [-0.15, -0.1) is 11.3 Å². The number of amides is 1. The van der Waals surface area contributed by atoms with E-state index < -0.39 is 18.0 Å². The van der Waals surface area contributed by atoms with Crippen molar-refractivity contribution in [3.05, 3.63) is 53.3 Å². The molecule has 9 heteroatoms. The van der Waals surface area contributed by atoms with Gasteiger partial charge in [0, 0.05) is 17.8 Å².